The normalized spacial score (nSPS) is 13.6. The first-order valence-corrected chi connectivity index (χ1v) is 10.9. The number of benzene rings is 1. The number of aromatic nitrogens is 3. The Morgan fingerprint density at radius 2 is 2.21 bits per heavy atom. The number of aromatic amines is 1. The number of nitrogens with two attached hydrogens (primary N) is 1. The van der Waals surface area contributed by atoms with Gasteiger partial charge in [-0.2, -0.15) is 5.10 Å². The third kappa shape index (κ3) is 4.53. The summed E-state index contributed by atoms with van der Waals surface area (Å²) in [6.07, 6.45) is 2.03. The summed E-state index contributed by atoms with van der Waals surface area (Å²) < 4.78 is 40.9. The summed E-state index contributed by atoms with van der Waals surface area (Å²) in [4.78, 5) is 13.8. The monoisotopic (exact) mass is 437 g/mol. The van der Waals surface area contributed by atoms with E-state index in [0.29, 0.717) is 11.9 Å². The Morgan fingerprint density at radius 3 is 2.83 bits per heavy atom. The first-order valence-electron chi connectivity index (χ1n) is 8.63. The van der Waals surface area contributed by atoms with Crippen LogP contribution in [0.2, 0.25) is 0 Å². The lowest BCUT2D eigenvalue weighted by molar-refractivity contribution is 0.556. The van der Waals surface area contributed by atoms with E-state index in [9.17, 15) is 17.6 Å². The second kappa shape index (κ2) is 8.82. The lowest BCUT2D eigenvalue weighted by atomic mass is 10.1. The van der Waals surface area contributed by atoms with Gasteiger partial charge in [0.1, 0.15) is 6.33 Å². The number of nitrogens with zero attached hydrogens (tertiary/aromatic N) is 2. The summed E-state index contributed by atoms with van der Waals surface area (Å²) in [6.45, 7) is 0.0295. The average molecular weight is 438 g/mol. The average Bonchev–Trinajstić information content (AvgIpc) is 3.39. The lowest BCUT2D eigenvalue weighted by Crippen LogP contribution is -2.23. The minimum Gasteiger partial charge on any atom is -0.327 e. The van der Waals surface area contributed by atoms with Crippen LogP contribution in [0.25, 0.3) is 10.4 Å². The van der Waals surface area contributed by atoms with Crippen LogP contribution >= 0.6 is 11.3 Å². The Hall–Kier alpha value is -2.60. The molecular formula is C18H20FN5O3S2. The summed E-state index contributed by atoms with van der Waals surface area (Å²) in [5.41, 5.74) is 6.25. The van der Waals surface area contributed by atoms with Crippen molar-refractivity contribution in [3.05, 3.63) is 70.0 Å². The molecule has 3 aromatic rings. The molecule has 0 radical (unpaired) electrons. The van der Waals surface area contributed by atoms with E-state index in [-0.39, 0.29) is 17.9 Å². The molecule has 2 heterocycles. The molecule has 3 rings (SSSR count). The lowest BCUT2D eigenvalue weighted by Gasteiger charge is -2.16. The van der Waals surface area contributed by atoms with Crippen LogP contribution in [0, 0.1) is 0 Å². The van der Waals surface area contributed by atoms with Gasteiger partial charge in [0.25, 0.3) is 0 Å². The van der Waals surface area contributed by atoms with Crippen molar-refractivity contribution in [1.29, 1.82) is 0 Å². The minimum atomic E-state index is -3.57. The zero-order valence-corrected chi connectivity index (χ0v) is 17.1. The van der Waals surface area contributed by atoms with Gasteiger partial charge >= 0.3 is 5.69 Å². The molecule has 0 aliphatic rings. The SMILES string of the molecule is CNS(=O)(=O)c1cccc(-c2ccc(C(C/C(=C\F)CN)n3cn[nH]c3=O)s2)c1. The van der Waals surface area contributed by atoms with E-state index in [0.717, 1.165) is 15.3 Å². The number of hydrogen-bond donors (Lipinski definition) is 3. The van der Waals surface area contributed by atoms with Crippen LogP contribution < -0.4 is 16.1 Å². The molecular weight excluding hydrogens is 417 g/mol. The third-order valence-electron chi connectivity index (χ3n) is 4.44. The van der Waals surface area contributed by atoms with Crippen molar-refractivity contribution in [1.82, 2.24) is 19.5 Å². The Bertz CT molecular complexity index is 1180. The molecule has 0 fully saturated rings. The fourth-order valence-corrected chi connectivity index (χ4v) is 4.74. The van der Waals surface area contributed by atoms with Gasteiger partial charge in [-0.3, -0.25) is 4.57 Å². The number of hydrogen-bond acceptors (Lipinski definition) is 6. The Balaban J connectivity index is 2.01. The molecule has 0 amide bonds. The van der Waals surface area contributed by atoms with Gasteiger partial charge in [-0.15, -0.1) is 11.3 Å². The van der Waals surface area contributed by atoms with Crippen LogP contribution in [0.5, 0.6) is 0 Å². The molecule has 1 aromatic carbocycles. The van der Waals surface area contributed by atoms with Crippen molar-refractivity contribution in [3.63, 3.8) is 0 Å². The first-order chi connectivity index (χ1) is 13.9. The van der Waals surface area contributed by atoms with Gasteiger partial charge < -0.3 is 5.73 Å². The molecule has 0 saturated carbocycles. The van der Waals surface area contributed by atoms with Crippen molar-refractivity contribution in [2.24, 2.45) is 5.73 Å². The molecule has 0 aliphatic carbocycles. The third-order valence-corrected chi connectivity index (χ3v) is 7.08. The predicted octanol–water partition coefficient (Wildman–Crippen LogP) is 2.00. The smallest absolute Gasteiger partial charge is 0.327 e. The van der Waals surface area contributed by atoms with E-state index < -0.39 is 21.8 Å². The van der Waals surface area contributed by atoms with E-state index in [1.165, 1.54) is 35.3 Å². The molecule has 29 heavy (non-hydrogen) atoms. The van der Waals surface area contributed by atoms with Gasteiger partial charge in [0.15, 0.2) is 0 Å². The molecule has 1 atom stereocenters. The number of H-pyrrole nitrogens is 1. The largest absolute Gasteiger partial charge is 0.343 e. The molecule has 2 aromatic heterocycles. The number of halogens is 1. The first kappa shape index (κ1) is 21.1. The van der Waals surface area contributed by atoms with E-state index in [4.69, 9.17) is 5.73 Å². The van der Waals surface area contributed by atoms with Crippen LogP contribution in [0.15, 0.2) is 64.3 Å². The zero-order valence-electron chi connectivity index (χ0n) is 15.5. The topological polar surface area (TPSA) is 123 Å². The summed E-state index contributed by atoms with van der Waals surface area (Å²) in [5.74, 6) is 0. The predicted molar refractivity (Wildman–Crippen MR) is 110 cm³/mol. The maximum atomic E-state index is 13.1. The molecule has 0 aliphatic heterocycles. The highest BCUT2D eigenvalue weighted by Crippen LogP contribution is 2.35. The van der Waals surface area contributed by atoms with E-state index in [1.807, 2.05) is 12.1 Å². The van der Waals surface area contributed by atoms with Crippen molar-refractivity contribution < 1.29 is 12.8 Å². The second-order valence-corrected chi connectivity index (χ2v) is 9.20. The minimum absolute atomic E-state index is 0.0295. The molecule has 0 spiro atoms. The number of thiophene rings is 1. The summed E-state index contributed by atoms with van der Waals surface area (Å²) in [7, 11) is -2.22. The van der Waals surface area contributed by atoms with Crippen LogP contribution in [0.4, 0.5) is 4.39 Å². The summed E-state index contributed by atoms with van der Waals surface area (Å²) in [6, 6.07) is 9.73. The summed E-state index contributed by atoms with van der Waals surface area (Å²) in [5, 5.41) is 6.09. The Kier molecular flexibility index (Phi) is 6.42. The van der Waals surface area contributed by atoms with Gasteiger partial charge in [0, 0.05) is 16.3 Å². The molecule has 11 heteroatoms. The van der Waals surface area contributed by atoms with Crippen molar-refractivity contribution >= 4 is 21.4 Å². The van der Waals surface area contributed by atoms with Gasteiger partial charge in [0.2, 0.25) is 10.0 Å². The van der Waals surface area contributed by atoms with Gasteiger partial charge in [-0.25, -0.2) is 27.4 Å². The maximum Gasteiger partial charge on any atom is 0.343 e. The quantitative estimate of drug-likeness (QED) is 0.497. The molecule has 0 saturated heterocycles. The summed E-state index contributed by atoms with van der Waals surface area (Å²) >= 11 is 1.38. The number of nitrogens with one attached hydrogen (secondary N) is 2. The molecule has 0 bridgehead atoms. The van der Waals surface area contributed by atoms with Crippen molar-refractivity contribution in [2.75, 3.05) is 13.6 Å². The highest BCUT2D eigenvalue weighted by Gasteiger charge is 2.21. The van der Waals surface area contributed by atoms with Crippen LogP contribution in [-0.2, 0) is 10.0 Å². The Labute approximate surface area is 170 Å². The fraction of sp³-hybridized carbons (Fsp3) is 0.222. The van der Waals surface area contributed by atoms with Gasteiger partial charge in [-0.05, 0) is 48.9 Å². The molecule has 1 unspecified atom stereocenters. The molecule has 154 valence electrons. The maximum absolute atomic E-state index is 13.1. The molecule has 4 N–H and O–H groups in total. The van der Waals surface area contributed by atoms with Crippen molar-refractivity contribution in [3.8, 4) is 10.4 Å². The highest BCUT2D eigenvalue weighted by molar-refractivity contribution is 7.89. The van der Waals surface area contributed by atoms with Crippen LogP contribution in [-0.4, -0.2) is 36.8 Å². The standard InChI is InChI=1S/C18H20FN5O3S2/c1-21-29(26,27)14-4-2-3-13(8-14)16-5-6-17(28-16)15(7-12(9-19)10-20)24-11-22-23-18(24)25/h2-6,8-9,11,15,21H,7,10,20H2,1H3,(H,23,25)/b12-9+. The van der Waals surface area contributed by atoms with Crippen LogP contribution in [0.1, 0.15) is 17.3 Å². The van der Waals surface area contributed by atoms with E-state index in [1.54, 1.807) is 18.2 Å². The fourth-order valence-electron chi connectivity index (χ4n) is 2.86. The van der Waals surface area contributed by atoms with Gasteiger partial charge in [0.05, 0.1) is 17.3 Å². The van der Waals surface area contributed by atoms with E-state index >= 15 is 0 Å². The van der Waals surface area contributed by atoms with Gasteiger partial charge in [-0.1, -0.05) is 12.1 Å². The second-order valence-electron chi connectivity index (χ2n) is 6.20. The highest BCUT2D eigenvalue weighted by atomic mass is 32.2. The number of sulfonamides is 1. The van der Waals surface area contributed by atoms with Crippen molar-refractivity contribution in [2.45, 2.75) is 17.4 Å². The van der Waals surface area contributed by atoms with E-state index in [2.05, 4.69) is 14.9 Å². The van der Waals surface area contributed by atoms with Crippen LogP contribution in [0.3, 0.4) is 0 Å². The Morgan fingerprint density at radius 1 is 1.41 bits per heavy atom. The molecule has 8 nitrogen and oxygen atoms in total. The zero-order chi connectivity index (χ0) is 21.0. The number of rotatable bonds is 8.